The van der Waals surface area contributed by atoms with Gasteiger partial charge in [-0.2, -0.15) is 10.1 Å². The molecule has 4 heterocycles. The summed E-state index contributed by atoms with van der Waals surface area (Å²) in [7, 11) is 0. The number of aromatic nitrogens is 5. The molecule has 3 atom stereocenters. The van der Waals surface area contributed by atoms with Gasteiger partial charge in [-0.15, -0.1) is 0 Å². The first-order chi connectivity index (χ1) is 14.7. The Kier molecular flexibility index (Phi) is 3.71. The van der Waals surface area contributed by atoms with Crippen LogP contribution < -0.4 is 10.5 Å². The molecule has 1 saturated carbocycles. The van der Waals surface area contributed by atoms with Gasteiger partial charge >= 0.3 is 0 Å². The number of piperidine rings is 1. The Morgan fingerprint density at radius 1 is 1.17 bits per heavy atom. The highest BCUT2D eigenvalue weighted by atomic mass is 19.1. The summed E-state index contributed by atoms with van der Waals surface area (Å²) in [5.41, 5.74) is 1.22. The number of hydrogen-bond acceptors (Lipinski definition) is 7. The Hall–Kier alpha value is -3.62. The minimum Gasteiger partial charge on any atom is -0.371 e. The molecule has 1 aliphatic heterocycles. The van der Waals surface area contributed by atoms with Gasteiger partial charge in [-0.3, -0.25) is 9.78 Å². The molecule has 0 amide bonds. The first-order valence-electron chi connectivity index (χ1n) is 9.81. The monoisotopic (exact) mass is 404 g/mol. The molecule has 8 nitrogen and oxygen atoms in total. The van der Waals surface area contributed by atoms with Crippen LogP contribution in [0.2, 0.25) is 0 Å². The second-order valence-corrected chi connectivity index (χ2v) is 7.83. The van der Waals surface area contributed by atoms with E-state index in [0.717, 1.165) is 18.8 Å². The quantitative estimate of drug-likeness (QED) is 0.515. The highest BCUT2D eigenvalue weighted by Gasteiger charge is 2.58. The van der Waals surface area contributed by atoms with E-state index in [4.69, 9.17) is 4.52 Å². The van der Waals surface area contributed by atoms with Gasteiger partial charge in [0.05, 0.1) is 17.1 Å². The fraction of sp³-hybridized carbons (Fsp3) is 0.286. The molecule has 0 bridgehead atoms. The number of nitrogens with zero attached hydrogens (tertiary/aromatic N) is 6. The molecule has 2 fully saturated rings. The van der Waals surface area contributed by atoms with E-state index in [1.165, 1.54) is 10.7 Å². The maximum absolute atomic E-state index is 13.5. The summed E-state index contributed by atoms with van der Waals surface area (Å²) < 4.78 is 20.2. The summed E-state index contributed by atoms with van der Waals surface area (Å²) in [5.74, 6) is 1.93. The van der Waals surface area contributed by atoms with Gasteiger partial charge in [-0.05, 0) is 42.2 Å². The average molecular weight is 404 g/mol. The van der Waals surface area contributed by atoms with Crippen molar-refractivity contribution < 1.29 is 8.91 Å². The summed E-state index contributed by atoms with van der Waals surface area (Å²) in [6.07, 6.45) is 3.18. The van der Waals surface area contributed by atoms with Crippen LogP contribution in [0.4, 0.5) is 10.1 Å². The minimum absolute atomic E-state index is 0.119. The van der Waals surface area contributed by atoms with Crippen LogP contribution >= 0.6 is 0 Å². The summed E-state index contributed by atoms with van der Waals surface area (Å²) in [5, 5.41) is 8.80. The van der Waals surface area contributed by atoms with Crippen LogP contribution in [-0.2, 0) is 6.54 Å². The van der Waals surface area contributed by atoms with E-state index in [1.54, 1.807) is 36.7 Å². The number of pyridine rings is 1. The van der Waals surface area contributed by atoms with Gasteiger partial charge in [0.2, 0.25) is 5.89 Å². The van der Waals surface area contributed by atoms with Crippen LogP contribution in [0.1, 0.15) is 17.6 Å². The molecule has 0 unspecified atom stereocenters. The molecule has 6 rings (SSSR count). The Morgan fingerprint density at radius 3 is 2.87 bits per heavy atom. The predicted molar refractivity (Wildman–Crippen MR) is 106 cm³/mol. The average Bonchev–Trinajstić information content (AvgIpc) is 3.10. The number of rotatable bonds is 4. The summed E-state index contributed by atoms with van der Waals surface area (Å²) in [6, 6.07) is 10.1. The fourth-order valence-corrected chi connectivity index (χ4v) is 4.52. The lowest BCUT2D eigenvalue weighted by Gasteiger charge is -2.21. The third-order valence-corrected chi connectivity index (χ3v) is 6.06. The largest absolute Gasteiger partial charge is 0.371 e. The molecule has 9 heteroatoms. The van der Waals surface area contributed by atoms with E-state index >= 15 is 0 Å². The topological polar surface area (TPSA) is 89.9 Å². The van der Waals surface area contributed by atoms with Crippen LogP contribution in [0, 0.1) is 17.7 Å². The first kappa shape index (κ1) is 17.3. The van der Waals surface area contributed by atoms with Gasteiger partial charge in [0, 0.05) is 30.9 Å². The number of benzene rings is 1. The highest BCUT2D eigenvalue weighted by molar-refractivity contribution is 5.75. The predicted octanol–water partition coefficient (Wildman–Crippen LogP) is 2.21. The summed E-state index contributed by atoms with van der Waals surface area (Å²) in [6.45, 7) is 1.82. The van der Waals surface area contributed by atoms with Crippen molar-refractivity contribution >= 4 is 16.6 Å². The molecule has 0 radical (unpaired) electrons. The molecule has 3 aromatic heterocycles. The molecular weight excluding hydrogens is 387 g/mol. The minimum atomic E-state index is -0.241. The molecule has 30 heavy (non-hydrogen) atoms. The first-order valence-corrected chi connectivity index (χ1v) is 9.81. The normalized spacial score (nSPS) is 22.4. The molecule has 150 valence electrons. The van der Waals surface area contributed by atoms with Crippen molar-refractivity contribution in [2.75, 3.05) is 18.0 Å². The van der Waals surface area contributed by atoms with Crippen molar-refractivity contribution in [2.24, 2.45) is 11.8 Å². The maximum Gasteiger partial charge on any atom is 0.276 e. The van der Waals surface area contributed by atoms with Gasteiger partial charge in [0.1, 0.15) is 12.4 Å². The van der Waals surface area contributed by atoms with E-state index in [9.17, 15) is 9.18 Å². The zero-order valence-corrected chi connectivity index (χ0v) is 15.8. The zero-order valence-electron chi connectivity index (χ0n) is 15.8. The second-order valence-electron chi connectivity index (χ2n) is 7.83. The zero-order chi connectivity index (χ0) is 20.2. The van der Waals surface area contributed by atoms with Crippen molar-refractivity contribution in [3.05, 3.63) is 76.7 Å². The lowest BCUT2D eigenvalue weighted by Crippen LogP contribution is -2.24. The number of anilines is 1. The van der Waals surface area contributed by atoms with Crippen LogP contribution in [0.5, 0.6) is 0 Å². The Bertz CT molecular complexity index is 1310. The molecule has 2 aliphatic rings. The van der Waals surface area contributed by atoms with Crippen molar-refractivity contribution in [1.29, 1.82) is 0 Å². The number of hydrogen-bond donors (Lipinski definition) is 0. The van der Waals surface area contributed by atoms with Gasteiger partial charge in [0.25, 0.3) is 5.56 Å². The van der Waals surface area contributed by atoms with Crippen molar-refractivity contribution in [3.63, 3.8) is 0 Å². The Morgan fingerprint density at radius 2 is 2.03 bits per heavy atom. The number of halogens is 1. The van der Waals surface area contributed by atoms with Crippen LogP contribution in [0.15, 0.2) is 58.1 Å². The van der Waals surface area contributed by atoms with Crippen molar-refractivity contribution in [3.8, 4) is 0 Å². The third kappa shape index (κ3) is 2.77. The van der Waals surface area contributed by atoms with Crippen LogP contribution in [-0.4, -0.2) is 38.0 Å². The lowest BCUT2D eigenvalue weighted by atomic mass is 10.2. The second kappa shape index (κ2) is 6.45. The number of fused-ring (bicyclic) bond motifs is 2. The van der Waals surface area contributed by atoms with E-state index < -0.39 is 0 Å². The maximum atomic E-state index is 13.5. The van der Waals surface area contributed by atoms with Crippen molar-refractivity contribution in [1.82, 2.24) is 24.9 Å². The third-order valence-electron chi connectivity index (χ3n) is 6.06. The summed E-state index contributed by atoms with van der Waals surface area (Å²) in [4.78, 5) is 23.4. The molecule has 0 N–H and O–H groups in total. The molecular formula is C21H17FN6O2. The van der Waals surface area contributed by atoms with Gasteiger partial charge in [-0.25, -0.2) is 9.07 Å². The molecule has 0 spiro atoms. The van der Waals surface area contributed by atoms with Crippen molar-refractivity contribution in [2.45, 2.75) is 12.5 Å². The van der Waals surface area contributed by atoms with Gasteiger partial charge in [-0.1, -0.05) is 11.2 Å². The van der Waals surface area contributed by atoms with Crippen LogP contribution in [0.3, 0.4) is 0 Å². The van der Waals surface area contributed by atoms with Gasteiger partial charge < -0.3 is 9.42 Å². The standard InChI is InChI=1S/C21H17FN6O2/c22-12-3-1-4-13(7-12)27-9-15-16(10-27)19(15)20-25-18(30-26-20)11-28-21(29)14-5-2-6-23-17(14)8-24-28/h1-8,15-16,19H,9-11H2/t15-,16+,19-. The van der Waals surface area contributed by atoms with E-state index in [-0.39, 0.29) is 23.8 Å². The molecule has 1 saturated heterocycles. The summed E-state index contributed by atoms with van der Waals surface area (Å²) >= 11 is 0. The molecule has 1 aromatic carbocycles. The molecule has 4 aromatic rings. The van der Waals surface area contributed by atoms with Gasteiger partial charge in [0.15, 0.2) is 5.82 Å². The van der Waals surface area contributed by atoms with Crippen LogP contribution in [0.25, 0.3) is 10.9 Å². The fourth-order valence-electron chi connectivity index (χ4n) is 4.52. The Balaban J connectivity index is 1.16. The Labute approximate surface area is 170 Å². The van der Waals surface area contributed by atoms with E-state index in [0.29, 0.717) is 34.5 Å². The van der Waals surface area contributed by atoms with E-state index in [2.05, 4.69) is 25.1 Å². The SMILES string of the molecule is O=c1c2cccnc2cnn1Cc1nc([C@@H]2[C@@H]3CN(c4cccc(F)c4)C[C@@H]32)no1. The lowest BCUT2D eigenvalue weighted by molar-refractivity contribution is 0.358. The van der Waals surface area contributed by atoms with E-state index in [1.807, 2.05) is 6.07 Å². The highest BCUT2D eigenvalue weighted by Crippen LogP contribution is 2.57. The molecule has 1 aliphatic carbocycles. The smallest absolute Gasteiger partial charge is 0.276 e.